The number of amides is 2. The number of nitrogens with zero attached hydrogens (tertiary/aromatic N) is 1. The van der Waals surface area contributed by atoms with Gasteiger partial charge >= 0.3 is 0 Å². The van der Waals surface area contributed by atoms with E-state index in [0.717, 1.165) is 5.56 Å². The number of piperidine rings is 1. The van der Waals surface area contributed by atoms with Crippen LogP contribution in [0.5, 0.6) is 0 Å². The van der Waals surface area contributed by atoms with Crippen LogP contribution in [-0.2, 0) is 16.1 Å². The molecule has 1 aliphatic rings. The van der Waals surface area contributed by atoms with Crippen LogP contribution in [-0.4, -0.2) is 41.5 Å². The van der Waals surface area contributed by atoms with E-state index < -0.39 is 0 Å². The first kappa shape index (κ1) is 16.8. The molecule has 1 aliphatic heterocycles. The third kappa shape index (κ3) is 4.71. The Morgan fingerprint density at radius 3 is 2.95 bits per heavy atom. The predicted octanol–water partition coefficient (Wildman–Crippen LogP) is 1.58. The number of nitrogens with one attached hydrogen (secondary N) is 1. The number of halogens is 1. The molecule has 0 aromatic heterocycles. The van der Waals surface area contributed by atoms with E-state index in [1.807, 2.05) is 18.2 Å². The first-order chi connectivity index (χ1) is 10.6. The maximum atomic E-state index is 12.7. The van der Waals surface area contributed by atoms with Crippen LogP contribution in [0, 0.1) is 5.92 Å². The summed E-state index contributed by atoms with van der Waals surface area (Å²) < 4.78 is 0. The number of aliphatic hydroxyl groups is 1. The van der Waals surface area contributed by atoms with Crippen LogP contribution in [0.3, 0.4) is 0 Å². The van der Waals surface area contributed by atoms with Gasteiger partial charge in [0.05, 0.1) is 0 Å². The molecule has 0 bridgehead atoms. The molecule has 1 aromatic carbocycles. The van der Waals surface area contributed by atoms with E-state index in [1.54, 1.807) is 11.0 Å². The monoisotopic (exact) mass is 324 g/mol. The fourth-order valence-corrected chi connectivity index (χ4v) is 2.85. The zero-order valence-corrected chi connectivity index (χ0v) is 13.2. The highest BCUT2D eigenvalue weighted by molar-refractivity contribution is 6.30. The van der Waals surface area contributed by atoms with Crippen LogP contribution in [0.2, 0.25) is 5.02 Å². The zero-order valence-electron chi connectivity index (χ0n) is 12.4. The molecule has 120 valence electrons. The van der Waals surface area contributed by atoms with E-state index >= 15 is 0 Å². The van der Waals surface area contributed by atoms with Crippen molar-refractivity contribution in [3.05, 3.63) is 34.9 Å². The van der Waals surface area contributed by atoms with Crippen LogP contribution >= 0.6 is 11.6 Å². The molecule has 0 radical (unpaired) electrons. The average Bonchev–Trinajstić information content (AvgIpc) is 2.51. The lowest BCUT2D eigenvalue weighted by Gasteiger charge is -2.29. The Morgan fingerprint density at radius 2 is 2.27 bits per heavy atom. The quantitative estimate of drug-likeness (QED) is 0.834. The minimum absolute atomic E-state index is 0.0247. The number of rotatable bonds is 6. The highest BCUT2D eigenvalue weighted by atomic mass is 35.5. The topological polar surface area (TPSA) is 69.6 Å². The molecule has 1 aromatic rings. The number of carbonyl (C=O) groups is 2. The maximum Gasteiger partial charge on any atom is 0.226 e. The molecule has 1 heterocycles. The van der Waals surface area contributed by atoms with Crippen molar-refractivity contribution in [2.45, 2.75) is 25.8 Å². The van der Waals surface area contributed by atoms with Gasteiger partial charge in [-0.25, -0.2) is 0 Å². The van der Waals surface area contributed by atoms with Crippen molar-refractivity contribution < 1.29 is 14.7 Å². The summed E-state index contributed by atoms with van der Waals surface area (Å²) >= 11 is 5.98. The summed E-state index contributed by atoms with van der Waals surface area (Å²) in [5.41, 5.74) is 0.944. The Kier molecular flexibility index (Phi) is 6.21. The molecule has 1 unspecified atom stereocenters. The molecule has 1 saturated heterocycles. The lowest BCUT2D eigenvalue weighted by molar-refractivity contribution is -0.140. The summed E-state index contributed by atoms with van der Waals surface area (Å²) in [4.78, 5) is 25.9. The van der Waals surface area contributed by atoms with E-state index in [0.29, 0.717) is 37.5 Å². The van der Waals surface area contributed by atoms with Crippen LogP contribution in [0.4, 0.5) is 0 Å². The van der Waals surface area contributed by atoms with Gasteiger partial charge in [0.2, 0.25) is 11.8 Å². The van der Waals surface area contributed by atoms with Gasteiger partial charge in [0, 0.05) is 43.6 Å². The van der Waals surface area contributed by atoms with Gasteiger partial charge in [0.25, 0.3) is 0 Å². The van der Waals surface area contributed by atoms with E-state index in [2.05, 4.69) is 5.32 Å². The van der Waals surface area contributed by atoms with Gasteiger partial charge in [-0.2, -0.15) is 0 Å². The number of hydrogen-bond donors (Lipinski definition) is 2. The second-order valence-corrected chi connectivity index (χ2v) is 5.94. The van der Waals surface area contributed by atoms with E-state index in [9.17, 15) is 9.59 Å². The summed E-state index contributed by atoms with van der Waals surface area (Å²) in [5, 5.41) is 12.4. The number of aliphatic hydroxyl groups excluding tert-OH is 1. The molecule has 0 spiro atoms. The van der Waals surface area contributed by atoms with Crippen LogP contribution in [0.1, 0.15) is 24.8 Å². The van der Waals surface area contributed by atoms with Crippen molar-refractivity contribution in [1.82, 2.24) is 10.2 Å². The number of carbonyl (C=O) groups excluding carboxylic acids is 2. The van der Waals surface area contributed by atoms with Crippen LogP contribution < -0.4 is 5.32 Å². The minimum atomic E-state index is -0.272. The number of hydrogen-bond acceptors (Lipinski definition) is 3. The fraction of sp³-hybridized carbons (Fsp3) is 0.500. The van der Waals surface area contributed by atoms with Crippen LogP contribution in [0.25, 0.3) is 0 Å². The molecule has 6 heteroatoms. The molecule has 22 heavy (non-hydrogen) atoms. The third-order valence-electron chi connectivity index (χ3n) is 3.76. The molecule has 5 nitrogen and oxygen atoms in total. The average molecular weight is 325 g/mol. The summed E-state index contributed by atoms with van der Waals surface area (Å²) in [5.74, 6) is -0.371. The van der Waals surface area contributed by atoms with Gasteiger partial charge in [-0.15, -0.1) is 0 Å². The molecule has 0 saturated carbocycles. The van der Waals surface area contributed by atoms with Gasteiger partial charge in [-0.05, 0) is 30.5 Å². The Bertz CT molecular complexity index is 536. The van der Waals surface area contributed by atoms with Crippen molar-refractivity contribution in [3.8, 4) is 0 Å². The lowest BCUT2D eigenvalue weighted by Crippen LogP contribution is -2.43. The Labute approximate surface area is 135 Å². The van der Waals surface area contributed by atoms with E-state index in [4.69, 9.17) is 16.7 Å². The first-order valence-corrected chi connectivity index (χ1v) is 7.88. The van der Waals surface area contributed by atoms with Gasteiger partial charge in [0.15, 0.2) is 0 Å². The maximum absolute atomic E-state index is 12.7. The van der Waals surface area contributed by atoms with E-state index in [1.165, 1.54) is 0 Å². The van der Waals surface area contributed by atoms with Crippen molar-refractivity contribution >= 4 is 23.4 Å². The number of benzene rings is 1. The van der Waals surface area contributed by atoms with Crippen molar-refractivity contribution in [3.63, 3.8) is 0 Å². The summed E-state index contributed by atoms with van der Waals surface area (Å²) in [6, 6.07) is 7.38. The van der Waals surface area contributed by atoms with Crippen molar-refractivity contribution in [2.24, 2.45) is 5.92 Å². The predicted molar refractivity (Wildman–Crippen MR) is 84.3 cm³/mol. The highest BCUT2D eigenvalue weighted by Gasteiger charge is 2.29. The molecule has 2 amide bonds. The Hall–Kier alpha value is -1.59. The zero-order chi connectivity index (χ0) is 15.9. The second kappa shape index (κ2) is 8.15. The van der Waals surface area contributed by atoms with Gasteiger partial charge < -0.3 is 15.3 Å². The standard InChI is InChI=1S/C16H21ClN2O3/c17-14-4-1-3-12(9-14)11-19(7-2-8-20)16(22)13-5-6-18-15(21)10-13/h1,3-4,9,13,20H,2,5-8,10-11H2,(H,18,21). The largest absolute Gasteiger partial charge is 0.396 e. The molecular formula is C16H21ClN2O3. The third-order valence-corrected chi connectivity index (χ3v) is 3.99. The molecule has 2 N–H and O–H groups in total. The molecule has 1 atom stereocenters. The van der Waals surface area contributed by atoms with Crippen molar-refractivity contribution in [1.29, 1.82) is 0 Å². The first-order valence-electron chi connectivity index (χ1n) is 7.51. The summed E-state index contributed by atoms with van der Waals surface area (Å²) in [7, 11) is 0. The van der Waals surface area contributed by atoms with Crippen molar-refractivity contribution in [2.75, 3.05) is 19.7 Å². The molecule has 1 fully saturated rings. The Morgan fingerprint density at radius 1 is 1.45 bits per heavy atom. The normalized spacial score (nSPS) is 17.9. The summed E-state index contributed by atoms with van der Waals surface area (Å²) in [6.45, 7) is 1.49. The van der Waals surface area contributed by atoms with Crippen LogP contribution in [0.15, 0.2) is 24.3 Å². The SMILES string of the molecule is O=C1CC(C(=O)N(CCCO)Cc2cccc(Cl)c2)CCN1. The van der Waals surface area contributed by atoms with E-state index in [-0.39, 0.29) is 30.8 Å². The molecular weight excluding hydrogens is 304 g/mol. The fourth-order valence-electron chi connectivity index (χ4n) is 2.64. The Balaban J connectivity index is 2.07. The van der Waals surface area contributed by atoms with Gasteiger partial charge in [-0.1, -0.05) is 23.7 Å². The molecule has 2 rings (SSSR count). The minimum Gasteiger partial charge on any atom is -0.396 e. The van der Waals surface area contributed by atoms with Gasteiger partial charge in [-0.3, -0.25) is 9.59 Å². The molecule has 0 aliphatic carbocycles. The smallest absolute Gasteiger partial charge is 0.226 e. The highest BCUT2D eigenvalue weighted by Crippen LogP contribution is 2.19. The lowest BCUT2D eigenvalue weighted by atomic mass is 9.95. The second-order valence-electron chi connectivity index (χ2n) is 5.51. The summed E-state index contributed by atoms with van der Waals surface area (Å²) in [6.07, 6.45) is 1.42. The van der Waals surface area contributed by atoms with Gasteiger partial charge in [0.1, 0.15) is 0 Å².